The van der Waals surface area contributed by atoms with Crippen LogP contribution in [0.5, 0.6) is 11.5 Å². The molecule has 0 bridgehead atoms. The molecule has 116 valence electrons. The third kappa shape index (κ3) is 3.11. The summed E-state index contributed by atoms with van der Waals surface area (Å²) in [5.41, 5.74) is 3.06. The molecule has 0 unspecified atom stereocenters. The second-order valence-corrected chi connectivity index (χ2v) is 6.13. The van der Waals surface area contributed by atoms with E-state index in [9.17, 15) is 4.79 Å². The Kier molecular flexibility index (Phi) is 4.38. The van der Waals surface area contributed by atoms with Crippen LogP contribution in [0.25, 0.3) is 0 Å². The Bertz CT molecular complexity index is 720. The van der Waals surface area contributed by atoms with Crippen LogP contribution < -0.4 is 15.2 Å². The summed E-state index contributed by atoms with van der Waals surface area (Å²) in [6, 6.07) is 5.79. The van der Waals surface area contributed by atoms with Crippen LogP contribution in [0.15, 0.2) is 28.0 Å². The number of aryl methyl sites for hydroxylation is 1. The number of aromatic nitrogens is 2. The SMILES string of the molecule is COc1cc(CSc2nc(=O)[nH]c3c2CCC3)cc(OC)c1. The monoisotopic (exact) mass is 318 g/mol. The van der Waals surface area contributed by atoms with E-state index in [1.54, 1.807) is 26.0 Å². The fourth-order valence-electron chi connectivity index (χ4n) is 2.66. The number of nitrogens with zero attached hydrogens (tertiary/aromatic N) is 1. The van der Waals surface area contributed by atoms with E-state index in [1.807, 2.05) is 18.2 Å². The van der Waals surface area contributed by atoms with E-state index in [0.717, 1.165) is 52.8 Å². The Morgan fingerprint density at radius 3 is 2.59 bits per heavy atom. The fraction of sp³-hybridized carbons (Fsp3) is 0.375. The van der Waals surface area contributed by atoms with Gasteiger partial charge in [-0.05, 0) is 37.0 Å². The number of thioether (sulfide) groups is 1. The summed E-state index contributed by atoms with van der Waals surface area (Å²) < 4.78 is 10.6. The lowest BCUT2D eigenvalue weighted by atomic mass is 10.2. The molecular formula is C16H18N2O3S. The number of benzene rings is 1. The molecule has 1 aliphatic carbocycles. The first-order valence-electron chi connectivity index (χ1n) is 7.16. The highest BCUT2D eigenvalue weighted by atomic mass is 32.2. The van der Waals surface area contributed by atoms with E-state index < -0.39 is 0 Å². The second-order valence-electron chi connectivity index (χ2n) is 5.17. The molecule has 22 heavy (non-hydrogen) atoms. The molecule has 2 aromatic rings. The summed E-state index contributed by atoms with van der Waals surface area (Å²) in [5, 5.41) is 0.845. The average Bonchev–Trinajstić information content (AvgIpc) is 3.00. The number of nitrogens with one attached hydrogen (secondary N) is 1. The van der Waals surface area contributed by atoms with Gasteiger partial charge in [-0.1, -0.05) is 0 Å². The first-order valence-corrected chi connectivity index (χ1v) is 8.15. The van der Waals surface area contributed by atoms with E-state index >= 15 is 0 Å². The lowest BCUT2D eigenvalue weighted by molar-refractivity contribution is 0.393. The van der Waals surface area contributed by atoms with Crippen LogP contribution in [0.3, 0.4) is 0 Å². The van der Waals surface area contributed by atoms with Gasteiger partial charge in [0.25, 0.3) is 0 Å². The van der Waals surface area contributed by atoms with Crippen LogP contribution in [0.4, 0.5) is 0 Å². The minimum atomic E-state index is -0.258. The largest absolute Gasteiger partial charge is 0.497 e. The lowest BCUT2D eigenvalue weighted by Gasteiger charge is -2.09. The zero-order chi connectivity index (χ0) is 15.5. The van der Waals surface area contributed by atoms with Gasteiger partial charge in [-0.3, -0.25) is 0 Å². The zero-order valence-electron chi connectivity index (χ0n) is 12.6. The van der Waals surface area contributed by atoms with Crippen LogP contribution in [0, 0.1) is 0 Å². The third-order valence-corrected chi connectivity index (χ3v) is 4.81. The standard InChI is InChI=1S/C16H18N2O3S/c1-20-11-6-10(7-12(8-11)21-2)9-22-15-13-4-3-5-14(13)17-16(19)18-15/h6-8H,3-5,9H2,1-2H3,(H,17,18,19). The molecule has 1 heterocycles. The molecule has 1 aromatic heterocycles. The van der Waals surface area contributed by atoms with Gasteiger partial charge < -0.3 is 14.5 Å². The summed E-state index contributed by atoms with van der Waals surface area (Å²) in [5.74, 6) is 2.24. The highest BCUT2D eigenvalue weighted by Crippen LogP contribution is 2.31. The van der Waals surface area contributed by atoms with Gasteiger partial charge in [0.15, 0.2) is 0 Å². The van der Waals surface area contributed by atoms with Crippen molar-refractivity contribution in [2.75, 3.05) is 14.2 Å². The van der Waals surface area contributed by atoms with Crippen molar-refractivity contribution in [1.29, 1.82) is 0 Å². The van der Waals surface area contributed by atoms with E-state index in [0.29, 0.717) is 0 Å². The number of ether oxygens (including phenoxy) is 2. The van der Waals surface area contributed by atoms with Crippen molar-refractivity contribution in [3.8, 4) is 11.5 Å². The van der Waals surface area contributed by atoms with E-state index in [2.05, 4.69) is 9.97 Å². The highest BCUT2D eigenvalue weighted by Gasteiger charge is 2.18. The van der Waals surface area contributed by atoms with Gasteiger partial charge in [0.2, 0.25) is 0 Å². The van der Waals surface area contributed by atoms with Gasteiger partial charge in [0, 0.05) is 23.1 Å². The summed E-state index contributed by atoms with van der Waals surface area (Å²) in [4.78, 5) is 18.6. The molecule has 0 fully saturated rings. The Labute approximate surface area is 133 Å². The Morgan fingerprint density at radius 2 is 1.91 bits per heavy atom. The first kappa shape index (κ1) is 15.0. The predicted octanol–water partition coefficient (Wildman–Crippen LogP) is 2.57. The molecule has 6 heteroatoms. The Hall–Kier alpha value is -1.95. The molecule has 1 aliphatic rings. The number of fused-ring (bicyclic) bond motifs is 1. The summed E-state index contributed by atoms with van der Waals surface area (Å²) >= 11 is 1.59. The molecule has 5 nitrogen and oxygen atoms in total. The number of rotatable bonds is 5. The lowest BCUT2D eigenvalue weighted by Crippen LogP contribution is -2.14. The third-order valence-electron chi connectivity index (χ3n) is 3.72. The summed E-state index contributed by atoms with van der Waals surface area (Å²) in [7, 11) is 3.27. The van der Waals surface area contributed by atoms with Gasteiger partial charge >= 0.3 is 5.69 Å². The van der Waals surface area contributed by atoms with Crippen molar-refractivity contribution >= 4 is 11.8 Å². The summed E-state index contributed by atoms with van der Waals surface area (Å²) in [6.07, 6.45) is 3.01. The van der Waals surface area contributed by atoms with Gasteiger partial charge in [-0.15, -0.1) is 11.8 Å². The van der Waals surface area contributed by atoms with Crippen LogP contribution >= 0.6 is 11.8 Å². The first-order chi connectivity index (χ1) is 10.7. The Balaban J connectivity index is 1.83. The van der Waals surface area contributed by atoms with E-state index in [4.69, 9.17) is 9.47 Å². The van der Waals surface area contributed by atoms with Gasteiger partial charge in [-0.2, -0.15) is 4.98 Å². The van der Waals surface area contributed by atoms with Crippen LogP contribution in [0.2, 0.25) is 0 Å². The van der Waals surface area contributed by atoms with Gasteiger partial charge in [-0.25, -0.2) is 4.79 Å². The predicted molar refractivity (Wildman–Crippen MR) is 86.0 cm³/mol. The molecule has 1 aromatic carbocycles. The van der Waals surface area contributed by atoms with Crippen molar-refractivity contribution in [3.05, 3.63) is 45.5 Å². The normalized spacial score (nSPS) is 13.0. The van der Waals surface area contributed by atoms with Crippen molar-refractivity contribution in [2.24, 2.45) is 0 Å². The van der Waals surface area contributed by atoms with Gasteiger partial charge in [0.1, 0.15) is 16.5 Å². The molecule has 0 radical (unpaired) electrons. The molecule has 1 N–H and O–H groups in total. The minimum absolute atomic E-state index is 0.258. The molecule has 3 rings (SSSR count). The maximum absolute atomic E-state index is 11.6. The number of aromatic amines is 1. The molecule has 0 saturated carbocycles. The number of methoxy groups -OCH3 is 2. The van der Waals surface area contributed by atoms with Crippen molar-refractivity contribution in [1.82, 2.24) is 9.97 Å². The molecule has 0 aliphatic heterocycles. The maximum atomic E-state index is 11.6. The van der Waals surface area contributed by atoms with Crippen LogP contribution in [-0.4, -0.2) is 24.2 Å². The van der Waals surface area contributed by atoms with Crippen LogP contribution in [-0.2, 0) is 18.6 Å². The van der Waals surface area contributed by atoms with Crippen molar-refractivity contribution < 1.29 is 9.47 Å². The van der Waals surface area contributed by atoms with Crippen molar-refractivity contribution in [3.63, 3.8) is 0 Å². The number of hydrogen-bond donors (Lipinski definition) is 1. The number of H-pyrrole nitrogens is 1. The fourth-order valence-corrected chi connectivity index (χ4v) is 3.67. The number of hydrogen-bond acceptors (Lipinski definition) is 5. The van der Waals surface area contributed by atoms with Crippen molar-refractivity contribution in [2.45, 2.75) is 30.0 Å². The van der Waals surface area contributed by atoms with Crippen LogP contribution in [0.1, 0.15) is 23.2 Å². The highest BCUT2D eigenvalue weighted by molar-refractivity contribution is 7.98. The molecule has 0 saturated heterocycles. The molecule has 0 spiro atoms. The quantitative estimate of drug-likeness (QED) is 0.678. The summed E-state index contributed by atoms with van der Waals surface area (Å²) in [6.45, 7) is 0. The smallest absolute Gasteiger partial charge is 0.346 e. The van der Waals surface area contributed by atoms with E-state index in [-0.39, 0.29) is 5.69 Å². The average molecular weight is 318 g/mol. The van der Waals surface area contributed by atoms with Gasteiger partial charge in [0.05, 0.1) is 14.2 Å². The van der Waals surface area contributed by atoms with E-state index in [1.165, 1.54) is 5.56 Å². The Morgan fingerprint density at radius 1 is 1.18 bits per heavy atom. The molecule has 0 atom stereocenters. The molecule has 0 amide bonds. The minimum Gasteiger partial charge on any atom is -0.497 e. The molecular weight excluding hydrogens is 300 g/mol. The second kappa shape index (κ2) is 6.44. The zero-order valence-corrected chi connectivity index (χ0v) is 13.5. The maximum Gasteiger partial charge on any atom is 0.346 e. The topological polar surface area (TPSA) is 64.2 Å².